The largest absolute Gasteiger partial charge is 0.483 e. The molecule has 140 valence electrons. The first-order valence-electron chi connectivity index (χ1n) is 9.13. The van der Waals surface area contributed by atoms with Crippen LogP contribution >= 0.6 is 0 Å². The Morgan fingerprint density at radius 1 is 1.04 bits per heavy atom. The van der Waals surface area contributed by atoms with Gasteiger partial charge in [-0.25, -0.2) is 4.98 Å². The number of hydrogen-bond acceptors (Lipinski definition) is 3. The molecule has 1 heterocycles. The highest BCUT2D eigenvalue weighted by molar-refractivity contribution is 5.92. The molecular weight excluding hydrogens is 350 g/mol. The number of imidazole rings is 1. The normalized spacial score (nSPS) is 10.8. The molecule has 0 spiro atoms. The fourth-order valence-corrected chi connectivity index (χ4v) is 3.00. The molecule has 2 N–H and O–H groups in total. The number of para-hydroxylation sites is 2. The summed E-state index contributed by atoms with van der Waals surface area (Å²) in [6.45, 7) is 3.93. The van der Waals surface area contributed by atoms with Crippen LogP contribution in [0.2, 0.25) is 0 Å². The van der Waals surface area contributed by atoms with E-state index in [0.29, 0.717) is 0 Å². The van der Waals surface area contributed by atoms with Crippen molar-refractivity contribution in [3.63, 3.8) is 0 Å². The van der Waals surface area contributed by atoms with Gasteiger partial charge >= 0.3 is 0 Å². The Kier molecular flexibility index (Phi) is 4.81. The average Bonchev–Trinajstić information content (AvgIpc) is 3.13. The Bertz CT molecular complexity index is 1100. The second-order valence-corrected chi connectivity index (χ2v) is 6.79. The molecule has 0 aliphatic heterocycles. The van der Waals surface area contributed by atoms with E-state index >= 15 is 0 Å². The summed E-state index contributed by atoms with van der Waals surface area (Å²) >= 11 is 0. The summed E-state index contributed by atoms with van der Waals surface area (Å²) in [4.78, 5) is 20.1. The van der Waals surface area contributed by atoms with E-state index in [1.165, 1.54) is 0 Å². The van der Waals surface area contributed by atoms with E-state index in [0.717, 1.165) is 45.0 Å². The minimum absolute atomic E-state index is 0.0321. The molecule has 4 aromatic rings. The van der Waals surface area contributed by atoms with E-state index in [4.69, 9.17) is 4.74 Å². The molecule has 1 amide bonds. The van der Waals surface area contributed by atoms with Gasteiger partial charge in [0.1, 0.15) is 11.6 Å². The van der Waals surface area contributed by atoms with Crippen LogP contribution in [0.25, 0.3) is 22.4 Å². The lowest BCUT2D eigenvalue weighted by atomic mass is 10.1. The van der Waals surface area contributed by atoms with Crippen molar-refractivity contribution in [3.05, 3.63) is 77.9 Å². The number of ether oxygens (including phenoxy) is 1. The number of carbonyl (C=O) groups is 1. The van der Waals surface area contributed by atoms with Crippen LogP contribution < -0.4 is 10.1 Å². The van der Waals surface area contributed by atoms with E-state index in [-0.39, 0.29) is 12.5 Å². The molecule has 0 radical (unpaired) electrons. The SMILES string of the molecule is Cc1ccc(C)c(OCC(=O)Nc2ccc(-c3nc4ccccc4[nH]3)cc2)c1. The van der Waals surface area contributed by atoms with Crippen LogP contribution in [0.1, 0.15) is 11.1 Å². The number of aryl methyl sites for hydroxylation is 2. The summed E-state index contributed by atoms with van der Waals surface area (Å²) < 4.78 is 5.65. The van der Waals surface area contributed by atoms with Crippen molar-refractivity contribution < 1.29 is 9.53 Å². The van der Waals surface area contributed by atoms with Crippen molar-refractivity contribution >= 4 is 22.6 Å². The van der Waals surface area contributed by atoms with Crippen molar-refractivity contribution in [1.82, 2.24) is 9.97 Å². The molecule has 0 unspecified atom stereocenters. The van der Waals surface area contributed by atoms with E-state index < -0.39 is 0 Å². The standard InChI is InChI=1S/C23H21N3O2/c1-15-7-8-16(2)21(13-15)28-14-22(27)24-18-11-9-17(10-12-18)23-25-19-5-3-4-6-20(19)26-23/h3-13H,14H2,1-2H3,(H,24,27)(H,25,26). The third-order valence-electron chi connectivity index (χ3n) is 4.53. The summed E-state index contributed by atoms with van der Waals surface area (Å²) in [7, 11) is 0. The minimum atomic E-state index is -0.197. The highest BCUT2D eigenvalue weighted by Gasteiger charge is 2.08. The fraction of sp³-hybridized carbons (Fsp3) is 0.130. The maximum atomic E-state index is 12.2. The monoisotopic (exact) mass is 371 g/mol. The van der Waals surface area contributed by atoms with E-state index in [9.17, 15) is 4.79 Å². The number of carbonyl (C=O) groups excluding carboxylic acids is 1. The first kappa shape index (κ1) is 17.8. The zero-order valence-corrected chi connectivity index (χ0v) is 15.8. The van der Waals surface area contributed by atoms with Crippen molar-refractivity contribution in [3.8, 4) is 17.1 Å². The quantitative estimate of drug-likeness (QED) is 0.526. The van der Waals surface area contributed by atoms with Gasteiger partial charge in [0, 0.05) is 11.3 Å². The molecule has 5 heteroatoms. The van der Waals surface area contributed by atoms with Gasteiger partial charge in [-0.05, 0) is 67.4 Å². The van der Waals surface area contributed by atoms with Crippen molar-refractivity contribution in [2.24, 2.45) is 0 Å². The predicted octanol–water partition coefficient (Wildman–Crippen LogP) is 4.86. The van der Waals surface area contributed by atoms with Gasteiger partial charge in [-0.15, -0.1) is 0 Å². The number of nitrogens with zero attached hydrogens (tertiary/aromatic N) is 1. The predicted molar refractivity (Wildman–Crippen MR) is 112 cm³/mol. The smallest absolute Gasteiger partial charge is 0.262 e. The fourth-order valence-electron chi connectivity index (χ4n) is 3.00. The van der Waals surface area contributed by atoms with Gasteiger partial charge < -0.3 is 15.0 Å². The van der Waals surface area contributed by atoms with Crippen LogP contribution in [0.15, 0.2) is 66.7 Å². The van der Waals surface area contributed by atoms with E-state index in [1.54, 1.807) is 0 Å². The van der Waals surface area contributed by atoms with Gasteiger partial charge in [0.05, 0.1) is 11.0 Å². The summed E-state index contributed by atoms with van der Waals surface area (Å²) in [5.74, 6) is 1.34. The second-order valence-electron chi connectivity index (χ2n) is 6.79. The van der Waals surface area contributed by atoms with Gasteiger partial charge in [-0.2, -0.15) is 0 Å². The van der Waals surface area contributed by atoms with Gasteiger partial charge in [-0.3, -0.25) is 4.79 Å². The lowest BCUT2D eigenvalue weighted by molar-refractivity contribution is -0.118. The zero-order chi connectivity index (χ0) is 19.5. The topological polar surface area (TPSA) is 67.0 Å². The zero-order valence-electron chi connectivity index (χ0n) is 15.8. The number of H-pyrrole nitrogens is 1. The average molecular weight is 371 g/mol. The van der Waals surface area contributed by atoms with Gasteiger partial charge in [0.25, 0.3) is 5.91 Å². The molecule has 28 heavy (non-hydrogen) atoms. The Balaban J connectivity index is 1.40. The summed E-state index contributed by atoms with van der Waals surface area (Å²) in [5, 5.41) is 2.86. The van der Waals surface area contributed by atoms with E-state index in [2.05, 4.69) is 15.3 Å². The summed E-state index contributed by atoms with van der Waals surface area (Å²) in [5.41, 5.74) is 5.71. The molecule has 4 rings (SSSR count). The third kappa shape index (κ3) is 3.88. The molecule has 0 aliphatic carbocycles. The van der Waals surface area contributed by atoms with E-state index in [1.807, 2.05) is 80.6 Å². The maximum Gasteiger partial charge on any atom is 0.262 e. The van der Waals surface area contributed by atoms with Crippen molar-refractivity contribution in [2.45, 2.75) is 13.8 Å². The lowest BCUT2D eigenvalue weighted by Gasteiger charge is -2.10. The van der Waals surface area contributed by atoms with Gasteiger partial charge in [-0.1, -0.05) is 24.3 Å². The molecule has 0 saturated carbocycles. The van der Waals surface area contributed by atoms with Crippen LogP contribution in [-0.2, 0) is 4.79 Å². The summed E-state index contributed by atoms with van der Waals surface area (Å²) in [6, 6.07) is 21.4. The number of nitrogens with one attached hydrogen (secondary N) is 2. The number of aromatic nitrogens is 2. The molecule has 0 fully saturated rings. The van der Waals surface area contributed by atoms with Crippen molar-refractivity contribution in [2.75, 3.05) is 11.9 Å². The molecule has 3 aromatic carbocycles. The number of anilines is 1. The van der Waals surface area contributed by atoms with Crippen LogP contribution in [0.4, 0.5) is 5.69 Å². The van der Waals surface area contributed by atoms with Gasteiger partial charge in [0.2, 0.25) is 0 Å². The lowest BCUT2D eigenvalue weighted by Crippen LogP contribution is -2.20. The molecule has 0 atom stereocenters. The highest BCUT2D eigenvalue weighted by atomic mass is 16.5. The maximum absolute atomic E-state index is 12.2. The second kappa shape index (κ2) is 7.56. The van der Waals surface area contributed by atoms with Crippen LogP contribution in [0, 0.1) is 13.8 Å². The molecule has 5 nitrogen and oxygen atoms in total. The molecule has 0 bridgehead atoms. The number of hydrogen-bond donors (Lipinski definition) is 2. The Hall–Kier alpha value is -3.60. The number of fused-ring (bicyclic) bond motifs is 1. The van der Waals surface area contributed by atoms with Gasteiger partial charge in [0.15, 0.2) is 6.61 Å². The molecule has 1 aromatic heterocycles. The Labute approximate surface area is 163 Å². The Morgan fingerprint density at radius 2 is 1.82 bits per heavy atom. The summed E-state index contributed by atoms with van der Waals surface area (Å²) in [6.07, 6.45) is 0. The third-order valence-corrected chi connectivity index (χ3v) is 4.53. The van der Waals surface area contributed by atoms with Crippen molar-refractivity contribution in [1.29, 1.82) is 0 Å². The number of amides is 1. The molecule has 0 aliphatic rings. The number of benzene rings is 3. The van der Waals surface area contributed by atoms with Crippen LogP contribution in [0.5, 0.6) is 5.75 Å². The Morgan fingerprint density at radius 3 is 2.61 bits per heavy atom. The highest BCUT2D eigenvalue weighted by Crippen LogP contribution is 2.22. The van der Waals surface area contributed by atoms with Crippen LogP contribution in [-0.4, -0.2) is 22.5 Å². The van der Waals surface area contributed by atoms with Crippen LogP contribution in [0.3, 0.4) is 0 Å². The number of aromatic amines is 1. The minimum Gasteiger partial charge on any atom is -0.483 e. The first-order valence-corrected chi connectivity index (χ1v) is 9.13. The molecule has 0 saturated heterocycles. The molecular formula is C23H21N3O2. The first-order chi connectivity index (χ1) is 13.6. The number of rotatable bonds is 5.